The third kappa shape index (κ3) is 5.79. The molecule has 0 radical (unpaired) electrons. The van der Waals surface area contributed by atoms with Crippen molar-refractivity contribution in [3.05, 3.63) is 48.5 Å². The van der Waals surface area contributed by atoms with Crippen LogP contribution in [0.2, 0.25) is 0 Å². The molecule has 6 nitrogen and oxygen atoms in total. The van der Waals surface area contributed by atoms with Crippen molar-refractivity contribution >= 4 is 17.3 Å². The van der Waals surface area contributed by atoms with E-state index in [1.165, 1.54) is 5.69 Å². The minimum absolute atomic E-state index is 0.556. The number of guanidine groups is 1. The summed E-state index contributed by atoms with van der Waals surface area (Å²) >= 11 is 0. The molecule has 0 bridgehead atoms. The largest absolute Gasteiger partial charge is 0.493 e. The predicted octanol–water partition coefficient (Wildman–Crippen LogP) is 4.00. The summed E-state index contributed by atoms with van der Waals surface area (Å²) in [4.78, 5) is 7.28. The first-order valence-corrected chi connectivity index (χ1v) is 10.4. The second-order valence-corrected chi connectivity index (χ2v) is 7.08. The van der Waals surface area contributed by atoms with Gasteiger partial charge in [0.25, 0.3) is 0 Å². The average molecular weight is 397 g/mol. The number of rotatable bonds is 8. The molecule has 1 atom stereocenters. The Balaban J connectivity index is 1.62. The van der Waals surface area contributed by atoms with Crippen molar-refractivity contribution in [2.45, 2.75) is 20.3 Å². The van der Waals surface area contributed by atoms with E-state index in [4.69, 9.17) is 14.5 Å². The van der Waals surface area contributed by atoms with Crippen molar-refractivity contribution in [2.75, 3.05) is 50.1 Å². The number of hydrogen-bond donors (Lipinski definition) is 2. The maximum absolute atomic E-state index is 5.67. The van der Waals surface area contributed by atoms with Gasteiger partial charge in [-0.2, -0.15) is 0 Å². The van der Waals surface area contributed by atoms with E-state index in [-0.39, 0.29) is 0 Å². The summed E-state index contributed by atoms with van der Waals surface area (Å²) in [6.07, 6.45) is 1.16. The quantitative estimate of drug-likeness (QED) is 0.522. The van der Waals surface area contributed by atoms with Gasteiger partial charge in [0, 0.05) is 43.6 Å². The Kier molecular flexibility index (Phi) is 7.61. The first kappa shape index (κ1) is 20.8. The summed E-state index contributed by atoms with van der Waals surface area (Å²) in [6.45, 7) is 8.37. The molecule has 1 unspecified atom stereocenters. The maximum atomic E-state index is 5.67. The van der Waals surface area contributed by atoms with E-state index in [9.17, 15) is 0 Å². The van der Waals surface area contributed by atoms with Gasteiger partial charge in [0.2, 0.25) is 0 Å². The topological polar surface area (TPSA) is 58.1 Å². The second kappa shape index (κ2) is 10.6. The minimum atomic E-state index is 0.556. The average Bonchev–Trinajstić information content (AvgIpc) is 3.22. The summed E-state index contributed by atoms with van der Waals surface area (Å²) in [6, 6.07) is 16.4. The SMILES string of the molecule is CCNC(=NCC1CCN(c2ccccc2)C1)Nc1ccc(OC)c(OCC)c1. The minimum Gasteiger partial charge on any atom is -0.493 e. The fourth-order valence-corrected chi connectivity index (χ4v) is 3.54. The summed E-state index contributed by atoms with van der Waals surface area (Å²) in [5.41, 5.74) is 2.22. The molecule has 6 heteroatoms. The predicted molar refractivity (Wildman–Crippen MR) is 121 cm³/mol. The molecule has 3 rings (SSSR count). The third-order valence-corrected chi connectivity index (χ3v) is 4.99. The monoisotopic (exact) mass is 396 g/mol. The lowest BCUT2D eigenvalue weighted by atomic mass is 10.1. The normalized spacial score (nSPS) is 16.6. The Morgan fingerprint density at radius 2 is 1.97 bits per heavy atom. The van der Waals surface area contributed by atoms with Crippen molar-refractivity contribution in [3.8, 4) is 11.5 Å². The van der Waals surface area contributed by atoms with Gasteiger partial charge in [0.15, 0.2) is 17.5 Å². The molecule has 1 aliphatic rings. The number of para-hydroxylation sites is 1. The zero-order chi connectivity index (χ0) is 20.5. The molecular formula is C23H32N4O2. The molecule has 0 spiro atoms. The molecule has 1 saturated heterocycles. The lowest BCUT2D eigenvalue weighted by Crippen LogP contribution is -2.31. The molecule has 2 aromatic carbocycles. The van der Waals surface area contributed by atoms with Crippen LogP contribution in [-0.2, 0) is 0 Å². The van der Waals surface area contributed by atoms with Crippen molar-refractivity contribution in [1.82, 2.24) is 5.32 Å². The molecular weight excluding hydrogens is 364 g/mol. The van der Waals surface area contributed by atoms with Crippen molar-refractivity contribution in [1.29, 1.82) is 0 Å². The Morgan fingerprint density at radius 1 is 1.14 bits per heavy atom. The number of aliphatic imine (C=N–C) groups is 1. The van der Waals surface area contributed by atoms with Gasteiger partial charge in [0.05, 0.1) is 13.7 Å². The zero-order valence-corrected chi connectivity index (χ0v) is 17.6. The van der Waals surface area contributed by atoms with E-state index >= 15 is 0 Å². The van der Waals surface area contributed by atoms with Gasteiger partial charge in [-0.3, -0.25) is 4.99 Å². The number of nitrogens with one attached hydrogen (secondary N) is 2. The fourth-order valence-electron chi connectivity index (χ4n) is 3.54. The highest BCUT2D eigenvalue weighted by Crippen LogP contribution is 2.30. The van der Waals surface area contributed by atoms with Gasteiger partial charge in [0.1, 0.15) is 0 Å². The number of hydrogen-bond acceptors (Lipinski definition) is 4. The smallest absolute Gasteiger partial charge is 0.195 e. The van der Waals surface area contributed by atoms with Crippen LogP contribution in [0.3, 0.4) is 0 Å². The van der Waals surface area contributed by atoms with Crippen LogP contribution in [0.4, 0.5) is 11.4 Å². The van der Waals surface area contributed by atoms with E-state index in [2.05, 4.69) is 52.8 Å². The molecule has 2 N–H and O–H groups in total. The van der Waals surface area contributed by atoms with Gasteiger partial charge >= 0.3 is 0 Å². The fraction of sp³-hybridized carbons (Fsp3) is 0.435. The van der Waals surface area contributed by atoms with Crippen LogP contribution in [0.1, 0.15) is 20.3 Å². The Morgan fingerprint density at radius 3 is 2.69 bits per heavy atom. The van der Waals surface area contributed by atoms with Crippen LogP contribution in [0.5, 0.6) is 11.5 Å². The van der Waals surface area contributed by atoms with Crippen LogP contribution in [-0.4, -0.2) is 45.9 Å². The molecule has 2 aromatic rings. The van der Waals surface area contributed by atoms with E-state index in [0.717, 1.165) is 55.7 Å². The summed E-state index contributed by atoms with van der Waals surface area (Å²) in [5.74, 6) is 2.80. The maximum Gasteiger partial charge on any atom is 0.195 e. The zero-order valence-electron chi connectivity index (χ0n) is 17.6. The Hall–Kier alpha value is -2.89. The van der Waals surface area contributed by atoms with Gasteiger partial charge in [-0.15, -0.1) is 0 Å². The lowest BCUT2D eigenvalue weighted by Gasteiger charge is -2.18. The van der Waals surface area contributed by atoms with Crippen LogP contribution in [0, 0.1) is 5.92 Å². The Labute approximate surface area is 173 Å². The first-order chi connectivity index (χ1) is 14.2. The van der Waals surface area contributed by atoms with Crippen molar-refractivity contribution in [3.63, 3.8) is 0 Å². The van der Waals surface area contributed by atoms with E-state index in [1.54, 1.807) is 7.11 Å². The highest BCUT2D eigenvalue weighted by molar-refractivity contribution is 5.93. The molecule has 0 amide bonds. The van der Waals surface area contributed by atoms with Crippen molar-refractivity contribution in [2.24, 2.45) is 10.9 Å². The molecule has 0 saturated carbocycles. The molecule has 1 fully saturated rings. The van der Waals surface area contributed by atoms with Gasteiger partial charge in [-0.05, 0) is 50.5 Å². The van der Waals surface area contributed by atoms with Crippen molar-refractivity contribution < 1.29 is 9.47 Å². The molecule has 1 aliphatic heterocycles. The van der Waals surface area contributed by atoms with E-state index in [1.807, 2.05) is 25.1 Å². The van der Waals surface area contributed by atoms with Gasteiger partial charge in [-0.1, -0.05) is 18.2 Å². The van der Waals surface area contributed by atoms with Crippen LogP contribution < -0.4 is 25.0 Å². The molecule has 1 heterocycles. The number of anilines is 2. The summed E-state index contributed by atoms with van der Waals surface area (Å²) in [5, 5.41) is 6.72. The van der Waals surface area contributed by atoms with Crippen LogP contribution in [0.25, 0.3) is 0 Å². The first-order valence-electron chi connectivity index (χ1n) is 10.4. The standard InChI is InChI=1S/C23H32N4O2/c1-4-24-23(26-19-11-12-21(28-3)22(15-19)29-5-2)25-16-18-13-14-27(17-18)20-9-7-6-8-10-20/h6-12,15,18H,4-5,13-14,16-17H2,1-3H3,(H2,24,25,26). The van der Waals surface area contributed by atoms with Gasteiger partial charge in [-0.25, -0.2) is 0 Å². The molecule has 156 valence electrons. The lowest BCUT2D eigenvalue weighted by molar-refractivity contribution is 0.311. The molecule has 29 heavy (non-hydrogen) atoms. The molecule has 0 aliphatic carbocycles. The van der Waals surface area contributed by atoms with Gasteiger partial charge < -0.3 is 25.0 Å². The highest BCUT2D eigenvalue weighted by Gasteiger charge is 2.22. The van der Waals surface area contributed by atoms with Crippen LogP contribution >= 0.6 is 0 Å². The van der Waals surface area contributed by atoms with E-state index in [0.29, 0.717) is 12.5 Å². The molecule has 0 aromatic heterocycles. The van der Waals surface area contributed by atoms with Crippen LogP contribution in [0.15, 0.2) is 53.5 Å². The summed E-state index contributed by atoms with van der Waals surface area (Å²) < 4.78 is 11.0. The third-order valence-electron chi connectivity index (χ3n) is 4.99. The second-order valence-electron chi connectivity index (χ2n) is 7.08. The number of ether oxygens (including phenoxy) is 2. The number of nitrogens with zero attached hydrogens (tertiary/aromatic N) is 2. The number of methoxy groups -OCH3 is 1. The summed E-state index contributed by atoms with van der Waals surface area (Å²) in [7, 11) is 1.65. The highest BCUT2D eigenvalue weighted by atomic mass is 16.5. The Bertz CT molecular complexity index is 795. The van der Waals surface area contributed by atoms with E-state index < -0.39 is 0 Å². The number of benzene rings is 2.